The van der Waals surface area contributed by atoms with E-state index in [1.165, 1.54) is 4.90 Å². The molecule has 3 rings (SSSR count). The SMILES string of the molecule is CC[C@@H](C)NC(=O)[C@H](CC)N(Cc1ccc(Cl)c(Cl)c1)C(=O)CN(c1cccc2ccccc12)S(C)(=O)=O. The van der Waals surface area contributed by atoms with Gasteiger partial charge >= 0.3 is 0 Å². The molecule has 0 saturated carbocycles. The van der Waals surface area contributed by atoms with Crippen molar-refractivity contribution in [3.05, 3.63) is 76.3 Å². The van der Waals surface area contributed by atoms with Crippen molar-refractivity contribution in [3.8, 4) is 0 Å². The van der Waals surface area contributed by atoms with Gasteiger partial charge in [0.15, 0.2) is 0 Å². The van der Waals surface area contributed by atoms with Gasteiger partial charge in [0, 0.05) is 18.0 Å². The lowest BCUT2D eigenvalue weighted by Crippen LogP contribution is -2.53. The summed E-state index contributed by atoms with van der Waals surface area (Å²) in [5.41, 5.74) is 1.06. The van der Waals surface area contributed by atoms with Crippen LogP contribution in [0.2, 0.25) is 10.0 Å². The lowest BCUT2D eigenvalue weighted by atomic mass is 10.1. The number of carbonyl (C=O) groups is 2. The number of hydrogen-bond donors (Lipinski definition) is 1. The van der Waals surface area contributed by atoms with Crippen molar-refractivity contribution in [1.82, 2.24) is 10.2 Å². The lowest BCUT2D eigenvalue weighted by Gasteiger charge is -2.33. The normalized spacial score (nSPS) is 13.1. The molecule has 0 saturated heterocycles. The molecule has 7 nitrogen and oxygen atoms in total. The highest BCUT2D eigenvalue weighted by Gasteiger charge is 2.32. The summed E-state index contributed by atoms with van der Waals surface area (Å²) in [6, 6.07) is 16.8. The van der Waals surface area contributed by atoms with Crippen LogP contribution in [0.5, 0.6) is 0 Å². The zero-order valence-electron chi connectivity index (χ0n) is 21.9. The van der Waals surface area contributed by atoms with Gasteiger partial charge in [-0.25, -0.2) is 8.42 Å². The van der Waals surface area contributed by atoms with E-state index < -0.39 is 28.5 Å². The molecule has 0 aliphatic carbocycles. The number of anilines is 1. The molecule has 38 heavy (non-hydrogen) atoms. The molecule has 0 unspecified atom stereocenters. The Morgan fingerprint density at radius 1 is 0.947 bits per heavy atom. The largest absolute Gasteiger partial charge is 0.352 e. The first kappa shape index (κ1) is 29.7. The van der Waals surface area contributed by atoms with E-state index in [0.717, 1.165) is 22.4 Å². The zero-order valence-corrected chi connectivity index (χ0v) is 24.3. The van der Waals surface area contributed by atoms with E-state index in [1.807, 2.05) is 51.1 Å². The Labute approximate surface area is 234 Å². The number of amides is 2. The molecule has 0 aliphatic heterocycles. The van der Waals surface area contributed by atoms with Gasteiger partial charge < -0.3 is 10.2 Å². The highest BCUT2D eigenvalue weighted by molar-refractivity contribution is 7.92. The Morgan fingerprint density at radius 2 is 1.63 bits per heavy atom. The van der Waals surface area contributed by atoms with Crippen LogP contribution in [-0.2, 0) is 26.2 Å². The maximum atomic E-state index is 13.9. The molecule has 2 amide bonds. The third-order valence-electron chi connectivity index (χ3n) is 6.44. The molecule has 3 aromatic rings. The van der Waals surface area contributed by atoms with Gasteiger partial charge in [0.1, 0.15) is 12.6 Å². The van der Waals surface area contributed by atoms with Crippen molar-refractivity contribution in [2.75, 3.05) is 17.1 Å². The maximum absolute atomic E-state index is 13.9. The molecule has 1 N–H and O–H groups in total. The lowest BCUT2D eigenvalue weighted by molar-refractivity contribution is -0.140. The van der Waals surface area contributed by atoms with E-state index in [-0.39, 0.29) is 18.5 Å². The second-order valence-corrected chi connectivity index (χ2v) is 12.0. The molecule has 10 heteroatoms. The maximum Gasteiger partial charge on any atom is 0.244 e. The van der Waals surface area contributed by atoms with Crippen molar-refractivity contribution in [2.45, 2.75) is 52.2 Å². The van der Waals surface area contributed by atoms with Gasteiger partial charge in [-0.2, -0.15) is 0 Å². The first-order valence-electron chi connectivity index (χ1n) is 12.5. The van der Waals surface area contributed by atoms with Crippen LogP contribution in [0.4, 0.5) is 5.69 Å². The summed E-state index contributed by atoms with van der Waals surface area (Å²) in [5.74, 6) is -0.813. The molecule has 0 radical (unpaired) electrons. The number of nitrogens with one attached hydrogen (secondary N) is 1. The minimum Gasteiger partial charge on any atom is -0.352 e. The van der Waals surface area contributed by atoms with Gasteiger partial charge in [0.25, 0.3) is 0 Å². The van der Waals surface area contributed by atoms with E-state index in [0.29, 0.717) is 33.1 Å². The number of halogens is 2. The van der Waals surface area contributed by atoms with Gasteiger partial charge in [0.2, 0.25) is 21.8 Å². The van der Waals surface area contributed by atoms with Crippen LogP contribution in [-0.4, -0.2) is 50.0 Å². The zero-order chi connectivity index (χ0) is 28.0. The Hall–Kier alpha value is -2.81. The third kappa shape index (κ3) is 7.18. The fraction of sp³-hybridized carbons (Fsp3) is 0.357. The first-order valence-corrected chi connectivity index (χ1v) is 15.1. The summed E-state index contributed by atoms with van der Waals surface area (Å²) in [6.45, 7) is 5.24. The second-order valence-electron chi connectivity index (χ2n) is 9.28. The predicted octanol–water partition coefficient (Wildman–Crippen LogP) is 5.63. The van der Waals surface area contributed by atoms with Gasteiger partial charge in [-0.15, -0.1) is 0 Å². The monoisotopic (exact) mass is 577 g/mol. The number of hydrogen-bond acceptors (Lipinski definition) is 4. The summed E-state index contributed by atoms with van der Waals surface area (Å²) in [4.78, 5) is 28.6. The Bertz CT molecular complexity index is 1410. The standard InChI is InChI=1S/C28H33Cl2N3O4S/c1-5-19(3)31-28(35)25(6-2)32(17-20-14-15-23(29)24(30)16-20)27(34)18-33(38(4,36)37)26-13-9-11-21-10-7-8-12-22(21)26/h7-16,19,25H,5-6,17-18H2,1-4H3,(H,31,35)/t19-,25+/m1/s1. The third-order valence-corrected chi connectivity index (χ3v) is 8.30. The molecule has 0 aromatic heterocycles. The van der Waals surface area contributed by atoms with E-state index in [2.05, 4.69) is 5.32 Å². The minimum atomic E-state index is -3.85. The van der Waals surface area contributed by atoms with E-state index >= 15 is 0 Å². The topological polar surface area (TPSA) is 86.8 Å². The number of carbonyl (C=O) groups excluding carboxylic acids is 2. The smallest absolute Gasteiger partial charge is 0.244 e. The van der Waals surface area contributed by atoms with E-state index in [1.54, 1.807) is 30.3 Å². The molecule has 204 valence electrons. The molecule has 0 bridgehead atoms. The Balaban J connectivity index is 2.04. The van der Waals surface area contributed by atoms with Crippen molar-refractivity contribution < 1.29 is 18.0 Å². The van der Waals surface area contributed by atoms with Gasteiger partial charge in [-0.3, -0.25) is 13.9 Å². The van der Waals surface area contributed by atoms with Gasteiger partial charge in [-0.1, -0.05) is 79.5 Å². The van der Waals surface area contributed by atoms with E-state index in [9.17, 15) is 18.0 Å². The van der Waals surface area contributed by atoms with Crippen molar-refractivity contribution in [3.63, 3.8) is 0 Å². The summed E-state index contributed by atoms with van der Waals surface area (Å²) >= 11 is 12.3. The quantitative estimate of drug-likeness (QED) is 0.319. The van der Waals surface area contributed by atoms with Crippen molar-refractivity contribution in [2.24, 2.45) is 0 Å². The van der Waals surface area contributed by atoms with Crippen LogP contribution in [0, 0.1) is 0 Å². The van der Waals surface area contributed by atoms with Crippen LogP contribution >= 0.6 is 23.2 Å². The molecular weight excluding hydrogens is 545 g/mol. The summed E-state index contributed by atoms with van der Waals surface area (Å²) in [5, 5.41) is 5.19. The Morgan fingerprint density at radius 3 is 2.26 bits per heavy atom. The van der Waals surface area contributed by atoms with E-state index in [4.69, 9.17) is 23.2 Å². The highest BCUT2D eigenvalue weighted by atomic mass is 35.5. The van der Waals surface area contributed by atoms with Crippen molar-refractivity contribution in [1.29, 1.82) is 0 Å². The molecule has 0 spiro atoms. The fourth-order valence-electron chi connectivity index (χ4n) is 4.22. The van der Waals surface area contributed by atoms with Crippen LogP contribution in [0.3, 0.4) is 0 Å². The fourth-order valence-corrected chi connectivity index (χ4v) is 5.40. The molecular formula is C28H33Cl2N3O4S. The van der Waals surface area contributed by atoms with Gasteiger partial charge in [-0.05, 0) is 48.9 Å². The van der Waals surface area contributed by atoms with Gasteiger partial charge in [0.05, 0.1) is 22.0 Å². The molecule has 0 fully saturated rings. The summed E-state index contributed by atoms with van der Waals surface area (Å²) in [7, 11) is -3.85. The number of benzene rings is 3. The number of sulfonamides is 1. The summed E-state index contributed by atoms with van der Waals surface area (Å²) < 4.78 is 27.0. The number of fused-ring (bicyclic) bond motifs is 1. The molecule has 3 aromatic carbocycles. The van der Waals surface area contributed by atoms with Crippen LogP contribution < -0.4 is 9.62 Å². The highest BCUT2D eigenvalue weighted by Crippen LogP contribution is 2.29. The average molecular weight is 579 g/mol. The summed E-state index contributed by atoms with van der Waals surface area (Å²) in [6.07, 6.45) is 2.13. The van der Waals surface area contributed by atoms with Crippen LogP contribution in [0.15, 0.2) is 60.7 Å². The van der Waals surface area contributed by atoms with Crippen LogP contribution in [0.1, 0.15) is 39.2 Å². The molecule has 0 heterocycles. The minimum absolute atomic E-state index is 0.0509. The molecule has 2 atom stereocenters. The first-order chi connectivity index (χ1) is 18.0. The molecule has 0 aliphatic rings. The second kappa shape index (κ2) is 12.8. The Kier molecular flexibility index (Phi) is 10.0. The predicted molar refractivity (Wildman–Crippen MR) is 155 cm³/mol. The average Bonchev–Trinajstić information content (AvgIpc) is 2.88. The number of nitrogens with zero attached hydrogens (tertiary/aromatic N) is 2. The number of rotatable bonds is 11. The van der Waals surface area contributed by atoms with Crippen molar-refractivity contribution >= 4 is 61.5 Å². The van der Waals surface area contributed by atoms with Crippen LogP contribution in [0.25, 0.3) is 10.8 Å².